The molecule has 4 rings (SSSR count). The van der Waals surface area contributed by atoms with E-state index in [2.05, 4.69) is 20.3 Å². The second-order valence-electron chi connectivity index (χ2n) is 7.22. The van der Waals surface area contributed by atoms with Crippen molar-refractivity contribution >= 4 is 23.2 Å². The summed E-state index contributed by atoms with van der Waals surface area (Å²) >= 11 is 12.7. The first-order valence-corrected chi connectivity index (χ1v) is 10.5. The average Bonchev–Trinajstić information content (AvgIpc) is 2.79. The zero-order valence-electron chi connectivity index (χ0n) is 17.4. The summed E-state index contributed by atoms with van der Waals surface area (Å²) in [5.41, 5.74) is 0.0647. The van der Waals surface area contributed by atoms with Gasteiger partial charge in [0.25, 0.3) is 11.1 Å². The summed E-state index contributed by atoms with van der Waals surface area (Å²) in [6.07, 6.45) is 0. The van der Waals surface area contributed by atoms with Crippen LogP contribution in [-0.2, 0) is 0 Å². The molecule has 0 aliphatic carbocycles. The summed E-state index contributed by atoms with van der Waals surface area (Å²) < 4.78 is 6.74. The molecule has 2 aromatic heterocycles. The highest BCUT2D eigenvalue weighted by atomic mass is 35.5. The lowest BCUT2D eigenvalue weighted by Crippen LogP contribution is -2.32. The quantitative estimate of drug-likeness (QED) is 0.445. The lowest BCUT2D eigenvalue weighted by Gasteiger charge is -2.14. The molecule has 0 saturated heterocycles. The van der Waals surface area contributed by atoms with Crippen LogP contribution >= 0.6 is 23.2 Å². The Morgan fingerprint density at radius 3 is 2.33 bits per heavy atom. The number of H-pyrrole nitrogens is 2. The number of hydrogen-bond donors (Lipinski definition) is 2. The lowest BCUT2D eigenvalue weighted by atomic mass is 9.95. The third kappa shape index (κ3) is 4.59. The Kier molecular flexibility index (Phi) is 6.17. The maximum atomic E-state index is 12.4. The zero-order chi connectivity index (χ0) is 23.7. The van der Waals surface area contributed by atoms with Gasteiger partial charge >= 0.3 is 5.69 Å². The molecule has 0 unspecified atom stereocenters. The topological polar surface area (TPSA) is 123 Å². The summed E-state index contributed by atoms with van der Waals surface area (Å²) in [6.45, 7) is 3.36. The minimum atomic E-state index is -0.742. The van der Waals surface area contributed by atoms with E-state index in [1.165, 1.54) is 25.1 Å². The Bertz CT molecular complexity index is 1490. The van der Waals surface area contributed by atoms with E-state index in [0.717, 1.165) is 10.2 Å². The van der Waals surface area contributed by atoms with Crippen LogP contribution in [-0.4, -0.2) is 25.0 Å². The molecule has 11 heteroatoms. The Morgan fingerprint density at radius 1 is 1.00 bits per heavy atom. The number of nitrogens with one attached hydrogen (secondary N) is 2. The zero-order valence-corrected chi connectivity index (χ0v) is 18.9. The largest absolute Gasteiger partial charge is 0.434 e. The first-order chi connectivity index (χ1) is 15.7. The van der Waals surface area contributed by atoms with Crippen LogP contribution in [0.3, 0.4) is 0 Å². The highest BCUT2D eigenvalue weighted by molar-refractivity contribution is 6.37. The highest BCUT2D eigenvalue weighted by Gasteiger charge is 2.18. The van der Waals surface area contributed by atoms with Gasteiger partial charge in [-0.1, -0.05) is 60.5 Å². The number of aromatic amines is 2. The van der Waals surface area contributed by atoms with E-state index in [1.807, 2.05) is 37.3 Å². The molecule has 1 atom stereocenters. The molecule has 2 heterocycles. The smallest absolute Gasteiger partial charge is 0.349 e. The third-order valence-electron chi connectivity index (χ3n) is 5.00. The molecule has 2 N–H and O–H groups in total. The van der Waals surface area contributed by atoms with Gasteiger partial charge in [0.15, 0.2) is 5.75 Å². The van der Waals surface area contributed by atoms with Crippen LogP contribution in [0.2, 0.25) is 10.0 Å². The lowest BCUT2D eigenvalue weighted by molar-refractivity contribution is 0.453. The van der Waals surface area contributed by atoms with Gasteiger partial charge in [0.05, 0.1) is 15.7 Å². The maximum Gasteiger partial charge on any atom is 0.349 e. The minimum Gasteiger partial charge on any atom is -0.434 e. The number of rotatable bonds is 5. The molecule has 33 heavy (non-hydrogen) atoms. The minimum absolute atomic E-state index is 0.0701. The average molecular weight is 486 g/mol. The van der Waals surface area contributed by atoms with Crippen molar-refractivity contribution in [3.8, 4) is 17.3 Å². The second-order valence-corrected chi connectivity index (χ2v) is 8.03. The SMILES string of the molecule is Cc1nn(-c2cc(Cl)c(Oc3cc([C@@H](C)c4ccccc4)c(=O)[nH]n3)c(Cl)c2)c(=O)[nH]c1=O. The van der Waals surface area contributed by atoms with Crippen LogP contribution in [0.5, 0.6) is 11.6 Å². The molecule has 0 radical (unpaired) electrons. The number of aromatic nitrogens is 5. The van der Waals surface area contributed by atoms with Gasteiger partial charge in [-0.15, -0.1) is 5.10 Å². The predicted octanol–water partition coefficient (Wildman–Crippen LogP) is 3.56. The fourth-order valence-electron chi connectivity index (χ4n) is 3.22. The van der Waals surface area contributed by atoms with Crippen LogP contribution < -0.4 is 21.5 Å². The van der Waals surface area contributed by atoms with Crippen molar-refractivity contribution in [1.29, 1.82) is 0 Å². The first-order valence-electron chi connectivity index (χ1n) is 9.76. The van der Waals surface area contributed by atoms with Crippen LogP contribution in [0, 0.1) is 6.92 Å². The molecular weight excluding hydrogens is 469 g/mol. The molecule has 9 nitrogen and oxygen atoms in total. The molecule has 0 aliphatic heterocycles. The van der Waals surface area contributed by atoms with Crippen molar-refractivity contribution in [3.05, 3.63) is 107 Å². The van der Waals surface area contributed by atoms with E-state index < -0.39 is 11.2 Å². The van der Waals surface area contributed by atoms with Gasteiger partial charge in [-0.25, -0.2) is 9.89 Å². The number of nitrogens with zero attached hydrogens (tertiary/aromatic N) is 3. The summed E-state index contributed by atoms with van der Waals surface area (Å²) in [6, 6.07) is 13.9. The standard InChI is InChI=1S/C22H17Cl2N5O4/c1-11(13-6-4-3-5-7-13)15-10-18(26-27-21(15)31)33-19-16(23)8-14(9-17(19)24)29-22(32)25-20(30)12(2)28-29/h3-11H,1-2H3,(H,27,31)(H,25,30,32)/t11-/m0/s1. The molecule has 0 aliphatic rings. The molecule has 168 valence electrons. The third-order valence-corrected chi connectivity index (χ3v) is 5.56. The van der Waals surface area contributed by atoms with Gasteiger partial charge in [0.2, 0.25) is 5.88 Å². The van der Waals surface area contributed by atoms with Crippen LogP contribution in [0.25, 0.3) is 5.69 Å². The van der Waals surface area contributed by atoms with Crippen molar-refractivity contribution in [1.82, 2.24) is 25.0 Å². The number of halogens is 2. The summed E-state index contributed by atoms with van der Waals surface area (Å²) in [7, 11) is 0. The van der Waals surface area contributed by atoms with Gasteiger partial charge in [0.1, 0.15) is 5.69 Å². The summed E-state index contributed by atoms with van der Waals surface area (Å²) in [4.78, 5) is 38.2. The van der Waals surface area contributed by atoms with Crippen molar-refractivity contribution in [2.75, 3.05) is 0 Å². The number of ether oxygens (including phenoxy) is 1. The van der Waals surface area contributed by atoms with Crippen LogP contribution in [0.4, 0.5) is 0 Å². The Balaban J connectivity index is 1.69. The number of hydrogen-bond acceptors (Lipinski definition) is 6. The predicted molar refractivity (Wildman–Crippen MR) is 124 cm³/mol. The molecule has 0 saturated carbocycles. The molecule has 0 fully saturated rings. The Morgan fingerprint density at radius 2 is 1.67 bits per heavy atom. The summed E-state index contributed by atoms with van der Waals surface area (Å²) in [5.74, 6) is -0.0525. The molecule has 0 spiro atoms. The molecular formula is C22H17Cl2N5O4. The van der Waals surface area contributed by atoms with E-state index in [4.69, 9.17) is 27.9 Å². The number of aryl methyl sites for hydroxylation is 1. The monoisotopic (exact) mass is 485 g/mol. The normalized spacial score (nSPS) is 11.9. The highest BCUT2D eigenvalue weighted by Crippen LogP contribution is 2.37. The van der Waals surface area contributed by atoms with E-state index in [-0.39, 0.29) is 44.5 Å². The van der Waals surface area contributed by atoms with E-state index in [0.29, 0.717) is 5.56 Å². The molecule has 4 aromatic rings. The molecule has 0 bridgehead atoms. The summed E-state index contributed by atoms with van der Waals surface area (Å²) in [5, 5.41) is 10.5. The molecule has 2 aromatic carbocycles. The van der Waals surface area contributed by atoms with E-state index in [1.54, 1.807) is 0 Å². The molecule has 0 amide bonds. The van der Waals surface area contributed by atoms with E-state index in [9.17, 15) is 14.4 Å². The van der Waals surface area contributed by atoms with Crippen molar-refractivity contribution in [2.45, 2.75) is 19.8 Å². The van der Waals surface area contributed by atoms with Gasteiger partial charge < -0.3 is 4.74 Å². The fourth-order valence-corrected chi connectivity index (χ4v) is 3.78. The fraction of sp³-hybridized carbons (Fsp3) is 0.136. The van der Waals surface area contributed by atoms with Gasteiger partial charge in [0, 0.05) is 17.5 Å². The van der Waals surface area contributed by atoms with Crippen molar-refractivity contribution in [3.63, 3.8) is 0 Å². The van der Waals surface area contributed by atoms with Gasteiger partial charge in [-0.05, 0) is 24.6 Å². The first kappa shape index (κ1) is 22.5. The van der Waals surface area contributed by atoms with Gasteiger partial charge in [-0.2, -0.15) is 9.78 Å². The Hall–Kier alpha value is -3.69. The Labute approximate surface area is 196 Å². The van der Waals surface area contributed by atoms with Crippen LogP contribution in [0.1, 0.15) is 29.7 Å². The second kappa shape index (κ2) is 9.05. The van der Waals surface area contributed by atoms with Crippen molar-refractivity contribution in [2.24, 2.45) is 0 Å². The maximum absolute atomic E-state index is 12.4. The van der Waals surface area contributed by atoms with Crippen molar-refractivity contribution < 1.29 is 4.74 Å². The van der Waals surface area contributed by atoms with Gasteiger partial charge in [-0.3, -0.25) is 14.6 Å². The van der Waals surface area contributed by atoms with Crippen LogP contribution in [0.15, 0.2) is 62.9 Å². The number of benzene rings is 2. The van der Waals surface area contributed by atoms with E-state index >= 15 is 0 Å².